The molecule has 0 radical (unpaired) electrons. The van der Waals surface area contributed by atoms with E-state index in [4.69, 9.17) is 0 Å². The third-order valence-electron chi connectivity index (χ3n) is 5.52. The fraction of sp³-hybridized carbons (Fsp3) is 0.348. The van der Waals surface area contributed by atoms with Crippen molar-refractivity contribution in [3.05, 3.63) is 76.7 Å². The van der Waals surface area contributed by atoms with Crippen LogP contribution in [-0.4, -0.2) is 51.0 Å². The van der Waals surface area contributed by atoms with Crippen LogP contribution in [0.1, 0.15) is 24.8 Å². The summed E-state index contributed by atoms with van der Waals surface area (Å²) in [6.07, 6.45) is 6.71. The maximum Gasteiger partial charge on any atom is 0.353 e. The molecule has 1 N–H and O–H groups in total. The summed E-state index contributed by atoms with van der Waals surface area (Å²) in [6.45, 7) is 3.94. The summed E-state index contributed by atoms with van der Waals surface area (Å²) in [6, 6.07) is 15.2. The lowest BCUT2D eigenvalue weighted by Crippen LogP contribution is -2.34. The molecular formula is C23H27N7O2. The molecular weight excluding hydrogens is 406 g/mol. The van der Waals surface area contributed by atoms with Crippen LogP contribution in [0.2, 0.25) is 0 Å². The van der Waals surface area contributed by atoms with E-state index in [2.05, 4.69) is 25.2 Å². The Balaban J connectivity index is 1.62. The van der Waals surface area contributed by atoms with E-state index in [1.54, 1.807) is 11.1 Å². The normalized spacial score (nSPS) is 14.1. The van der Waals surface area contributed by atoms with Gasteiger partial charge in [0, 0.05) is 19.3 Å². The number of hydrogen-bond donors (Lipinski definition) is 1. The van der Waals surface area contributed by atoms with Gasteiger partial charge in [0.25, 0.3) is 0 Å². The molecule has 1 saturated heterocycles. The number of hydrogen-bond acceptors (Lipinski definition) is 8. The summed E-state index contributed by atoms with van der Waals surface area (Å²) in [5, 5.41) is 15.3. The first-order valence-electron chi connectivity index (χ1n) is 10.9. The van der Waals surface area contributed by atoms with Crippen molar-refractivity contribution in [3.63, 3.8) is 0 Å². The van der Waals surface area contributed by atoms with Crippen molar-refractivity contribution in [3.8, 4) is 0 Å². The van der Waals surface area contributed by atoms with Crippen LogP contribution in [-0.2, 0) is 6.54 Å². The Bertz CT molecular complexity index is 1010. The highest BCUT2D eigenvalue weighted by molar-refractivity contribution is 5.74. The van der Waals surface area contributed by atoms with Gasteiger partial charge in [-0.15, -0.1) is 0 Å². The van der Waals surface area contributed by atoms with E-state index in [-0.39, 0.29) is 17.3 Å². The van der Waals surface area contributed by atoms with Crippen molar-refractivity contribution < 1.29 is 4.92 Å². The Morgan fingerprint density at radius 1 is 1.00 bits per heavy atom. The molecule has 0 atom stereocenters. The minimum Gasteiger partial charge on any atom is -0.363 e. The van der Waals surface area contributed by atoms with Crippen molar-refractivity contribution in [2.75, 3.05) is 36.4 Å². The van der Waals surface area contributed by atoms with Gasteiger partial charge in [-0.2, -0.15) is 0 Å². The number of nitro groups is 1. The van der Waals surface area contributed by atoms with E-state index in [0.29, 0.717) is 18.9 Å². The lowest BCUT2D eigenvalue weighted by molar-refractivity contribution is -0.383. The molecule has 0 aliphatic carbocycles. The second-order valence-electron chi connectivity index (χ2n) is 7.74. The average Bonchev–Trinajstić information content (AvgIpc) is 2.84. The van der Waals surface area contributed by atoms with Gasteiger partial charge in [0.2, 0.25) is 11.6 Å². The highest BCUT2D eigenvalue weighted by Gasteiger charge is 2.28. The molecule has 32 heavy (non-hydrogen) atoms. The van der Waals surface area contributed by atoms with Crippen molar-refractivity contribution in [1.82, 2.24) is 19.9 Å². The molecule has 0 spiro atoms. The predicted molar refractivity (Wildman–Crippen MR) is 124 cm³/mol. The van der Waals surface area contributed by atoms with Gasteiger partial charge in [0.1, 0.15) is 12.1 Å². The second-order valence-corrected chi connectivity index (χ2v) is 7.74. The Kier molecular flexibility index (Phi) is 7.19. The molecule has 1 aliphatic rings. The molecule has 4 rings (SSSR count). The van der Waals surface area contributed by atoms with Crippen molar-refractivity contribution in [2.45, 2.75) is 25.8 Å². The van der Waals surface area contributed by atoms with Crippen LogP contribution in [0.15, 0.2) is 61.1 Å². The number of anilines is 3. The van der Waals surface area contributed by atoms with Gasteiger partial charge in [-0.1, -0.05) is 42.8 Å². The topological polar surface area (TPSA) is 100 Å². The van der Waals surface area contributed by atoms with E-state index in [1.165, 1.54) is 25.6 Å². The molecule has 0 amide bonds. The molecule has 1 aliphatic heterocycles. The molecule has 3 heterocycles. The molecule has 0 saturated carbocycles. The molecule has 9 nitrogen and oxygen atoms in total. The molecule has 9 heteroatoms. The molecule has 3 aromatic rings. The van der Waals surface area contributed by atoms with E-state index >= 15 is 0 Å². The largest absolute Gasteiger partial charge is 0.363 e. The van der Waals surface area contributed by atoms with E-state index in [0.717, 1.165) is 25.2 Å². The van der Waals surface area contributed by atoms with Gasteiger partial charge < -0.3 is 15.1 Å². The van der Waals surface area contributed by atoms with Crippen molar-refractivity contribution in [2.24, 2.45) is 0 Å². The van der Waals surface area contributed by atoms with Crippen molar-refractivity contribution in [1.29, 1.82) is 0 Å². The minimum absolute atomic E-state index is 0.146. The number of pyridine rings is 1. The third-order valence-corrected chi connectivity index (χ3v) is 5.52. The maximum absolute atomic E-state index is 12.1. The van der Waals surface area contributed by atoms with Crippen LogP contribution in [0.3, 0.4) is 0 Å². The van der Waals surface area contributed by atoms with Crippen LogP contribution >= 0.6 is 0 Å². The Hall–Kier alpha value is -3.59. The van der Waals surface area contributed by atoms with Crippen LogP contribution in [0.5, 0.6) is 0 Å². The van der Waals surface area contributed by atoms with Crippen LogP contribution in [0.4, 0.5) is 23.1 Å². The molecule has 0 unspecified atom stereocenters. The number of nitrogens with one attached hydrogen (secondary N) is 1. The average molecular weight is 434 g/mol. The number of likely N-dealkylation sites (tertiary alicyclic amines) is 1. The van der Waals surface area contributed by atoms with Gasteiger partial charge in [-0.05, 0) is 43.6 Å². The van der Waals surface area contributed by atoms with E-state index in [9.17, 15) is 10.1 Å². The third kappa shape index (κ3) is 5.36. The number of nitrogens with zero attached hydrogens (tertiary/aromatic N) is 6. The van der Waals surface area contributed by atoms with E-state index < -0.39 is 4.92 Å². The molecule has 2 aromatic heterocycles. The zero-order chi connectivity index (χ0) is 22.2. The monoisotopic (exact) mass is 433 g/mol. The number of piperidine rings is 1. The standard InChI is InChI=1S/C23H27N7O2/c31-30(32)21-22(25-13-16-28-14-7-2-8-15-28)26-18-27-23(21)29(20-11-5-6-12-24-20)17-19-9-3-1-4-10-19/h1,3-6,9-12,18H,2,7-8,13-17H2,(H,25,26,27). The Morgan fingerprint density at radius 2 is 1.78 bits per heavy atom. The lowest BCUT2D eigenvalue weighted by atomic mass is 10.1. The molecule has 0 bridgehead atoms. The van der Waals surface area contributed by atoms with Crippen LogP contribution in [0.25, 0.3) is 0 Å². The predicted octanol–water partition coefficient (Wildman–Crippen LogP) is 4.02. The zero-order valence-corrected chi connectivity index (χ0v) is 17.9. The van der Waals surface area contributed by atoms with Crippen LogP contribution < -0.4 is 10.2 Å². The summed E-state index contributed by atoms with van der Waals surface area (Å²) < 4.78 is 0. The first-order chi connectivity index (χ1) is 15.7. The summed E-state index contributed by atoms with van der Waals surface area (Å²) in [5.41, 5.74) is 0.846. The number of aromatic nitrogens is 3. The van der Waals surface area contributed by atoms with Crippen LogP contribution in [0, 0.1) is 10.1 Å². The number of benzene rings is 1. The quantitative estimate of drug-likeness (QED) is 0.399. The highest BCUT2D eigenvalue weighted by atomic mass is 16.6. The van der Waals surface area contributed by atoms with Gasteiger partial charge in [-0.3, -0.25) is 10.1 Å². The SMILES string of the molecule is O=[N+]([O-])c1c(NCCN2CCCCC2)ncnc1N(Cc1ccccc1)c1ccccn1. The Labute approximate surface area is 187 Å². The number of rotatable bonds is 9. The van der Waals surface area contributed by atoms with Gasteiger partial charge in [0.15, 0.2) is 0 Å². The van der Waals surface area contributed by atoms with E-state index in [1.807, 2.05) is 48.5 Å². The first kappa shape index (κ1) is 21.6. The summed E-state index contributed by atoms with van der Waals surface area (Å²) in [7, 11) is 0. The first-order valence-corrected chi connectivity index (χ1v) is 10.9. The highest BCUT2D eigenvalue weighted by Crippen LogP contribution is 2.36. The summed E-state index contributed by atoms with van der Waals surface area (Å²) >= 11 is 0. The smallest absolute Gasteiger partial charge is 0.353 e. The fourth-order valence-electron chi connectivity index (χ4n) is 3.92. The molecule has 1 aromatic carbocycles. The maximum atomic E-state index is 12.1. The lowest BCUT2D eigenvalue weighted by Gasteiger charge is -2.26. The Morgan fingerprint density at radius 3 is 2.50 bits per heavy atom. The summed E-state index contributed by atoms with van der Waals surface area (Å²) in [5.74, 6) is 1.02. The van der Waals surface area contributed by atoms with Gasteiger partial charge >= 0.3 is 5.69 Å². The molecule has 166 valence electrons. The van der Waals surface area contributed by atoms with Crippen molar-refractivity contribution >= 4 is 23.1 Å². The fourth-order valence-corrected chi connectivity index (χ4v) is 3.92. The minimum atomic E-state index is -0.417. The second kappa shape index (κ2) is 10.6. The summed E-state index contributed by atoms with van der Waals surface area (Å²) in [4.78, 5) is 28.8. The van der Waals surface area contributed by atoms with Gasteiger partial charge in [-0.25, -0.2) is 15.0 Å². The zero-order valence-electron chi connectivity index (χ0n) is 17.9. The van der Waals surface area contributed by atoms with Gasteiger partial charge in [0.05, 0.1) is 11.5 Å². The molecule has 1 fully saturated rings.